The summed E-state index contributed by atoms with van der Waals surface area (Å²) < 4.78 is 0. The summed E-state index contributed by atoms with van der Waals surface area (Å²) in [7, 11) is 0. The number of carbonyl (C=O) groups excluding carboxylic acids is 2. The number of hydrogen-bond acceptors (Lipinski definition) is 2. The molecule has 0 atom stereocenters. The van der Waals surface area contributed by atoms with Crippen molar-refractivity contribution in [2.24, 2.45) is 0 Å². The fourth-order valence-corrected chi connectivity index (χ4v) is 3.94. The number of rotatable bonds is 6. The Bertz CT molecular complexity index is 1050. The van der Waals surface area contributed by atoms with Crippen molar-refractivity contribution in [2.45, 2.75) is 0 Å². The first-order valence-corrected chi connectivity index (χ1v) is 10.8. The number of nitrogens with one attached hydrogen (secondary N) is 1. The van der Waals surface area contributed by atoms with Gasteiger partial charge in [-0.25, -0.2) is 0 Å². The Morgan fingerprint density at radius 1 is 0.774 bits per heavy atom. The molecule has 0 aliphatic carbocycles. The standard InChI is InChI=1S/C27H26N2O2/c30-26(23-13-5-2-6-14-23)24-15-7-8-16-25(24)27(31)29-20-18-28(19-21-29)17-9-12-22-10-3-1-4-11-22/h1-16H,17-21H2/p+1/b12-9+. The van der Waals surface area contributed by atoms with E-state index < -0.39 is 0 Å². The molecule has 3 aromatic carbocycles. The van der Waals surface area contributed by atoms with Gasteiger partial charge in [-0.1, -0.05) is 84.9 Å². The minimum Gasteiger partial charge on any atom is -0.329 e. The first-order valence-electron chi connectivity index (χ1n) is 10.8. The molecule has 0 saturated carbocycles. The third-order valence-electron chi connectivity index (χ3n) is 5.71. The molecular weight excluding hydrogens is 384 g/mol. The Morgan fingerprint density at radius 2 is 1.35 bits per heavy atom. The van der Waals surface area contributed by atoms with Gasteiger partial charge in [0.1, 0.15) is 0 Å². The molecule has 1 heterocycles. The summed E-state index contributed by atoms with van der Waals surface area (Å²) in [6.07, 6.45) is 4.35. The van der Waals surface area contributed by atoms with Crippen LogP contribution in [-0.4, -0.2) is 49.3 Å². The molecular formula is C27H27N2O2+. The number of hydrogen-bond donors (Lipinski definition) is 1. The second-order valence-electron chi connectivity index (χ2n) is 7.80. The van der Waals surface area contributed by atoms with Crippen molar-refractivity contribution in [2.75, 3.05) is 32.7 Å². The summed E-state index contributed by atoms with van der Waals surface area (Å²) in [4.78, 5) is 29.5. The van der Waals surface area contributed by atoms with Crippen molar-refractivity contribution < 1.29 is 14.5 Å². The number of ketones is 1. The van der Waals surface area contributed by atoms with Gasteiger partial charge in [-0.3, -0.25) is 9.59 Å². The van der Waals surface area contributed by atoms with Gasteiger partial charge in [-0.2, -0.15) is 0 Å². The Morgan fingerprint density at radius 3 is 2.03 bits per heavy atom. The molecule has 3 aromatic rings. The molecule has 1 aliphatic heterocycles. The lowest BCUT2D eigenvalue weighted by atomic mass is 9.97. The number of amides is 1. The second kappa shape index (κ2) is 10.0. The van der Waals surface area contributed by atoms with Gasteiger partial charge in [0.25, 0.3) is 5.91 Å². The van der Waals surface area contributed by atoms with Gasteiger partial charge >= 0.3 is 0 Å². The Labute approximate surface area is 183 Å². The molecule has 4 rings (SSSR count). The third kappa shape index (κ3) is 5.16. The topological polar surface area (TPSA) is 41.8 Å². The van der Waals surface area contributed by atoms with Crippen molar-refractivity contribution in [3.8, 4) is 0 Å². The number of benzene rings is 3. The molecule has 1 aliphatic rings. The fourth-order valence-electron chi connectivity index (χ4n) is 3.94. The molecule has 0 aromatic heterocycles. The monoisotopic (exact) mass is 411 g/mol. The smallest absolute Gasteiger partial charge is 0.255 e. The van der Waals surface area contributed by atoms with Crippen molar-refractivity contribution in [1.29, 1.82) is 0 Å². The predicted molar refractivity (Wildman–Crippen MR) is 123 cm³/mol. The van der Waals surface area contributed by atoms with Gasteiger partial charge in [0.05, 0.1) is 38.3 Å². The van der Waals surface area contributed by atoms with Gasteiger partial charge in [0, 0.05) is 11.1 Å². The van der Waals surface area contributed by atoms with Crippen LogP contribution < -0.4 is 4.90 Å². The van der Waals surface area contributed by atoms with Crippen LogP contribution in [0.25, 0.3) is 6.08 Å². The zero-order valence-electron chi connectivity index (χ0n) is 17.5. The average molecular weight is 412 g/mol. The Balaban J connectivity index is 1.38. The van der Waals surface area contributed by atoms with E-state index in [1.165, 1.54) is 10.5 Å². The molecule has 0 spiro atoms. The van der Waals surface area contributed by atoms with E-state index in [9.17, 15) is 9.59 Å². The Kier molecular flexibility index (Phi) is 6.70. The van der Waals surface area contributed by atoms with E-state index in [0.717, 1.165) is 19.6 Å². The van der Waals surface area contributed by atoms with Crippen molar-refractivity contribution in [3.05, 3.63) is 113 Å². The predicted octanol–water partition coefficient (Wildman–Crippen LogP) is 2.97. The van der Waals surface area contributed by atoms with Crippen molar-refractivity contribution in [3.63, 3.8) is 0 Å². The molecule has 4 heteroatoms. The molecule has 0 bridgehead atoms. The highest BCUT2D eigenvalue weighted by molar-refractivity contribution is 6.15. The molecule has 4 nitrogen and oxygen atoms in total. The molecule has 0 radical (unpaired) electrons. The zero-order valence-corrected chi connectivity index (χ0v) is 17.5. The summed E-state index contributed by atoms with van der Waals surface area (Å²) >= 11 is 0. The number of quaternary nitrogens is 1. The lowest BCUT2D eigenvalue weighted by Crippen LogP contribution is -3.14. The number of piperazine rings is 1. The van der Waals surface area contributed by atoms with Crippen LogP contribution >= 0.6 is 0 Å². The maximum atomic E-state index is 13.2. The second-order valence-corrected chi connectivity index (χ2v) is 7.80. The van der Waals surface area contributed by atoms with Gasteiger partial charge in [0.2, 0.25) is 0 Å². The van der Waals surface area contributed by atoms with E-state index in [2.05, 4.69) is 24.3 Å². The molecule has 156 valence electrons. The minimum atomic E-state index is -0.111. The molecule has 31 heavy (non-hydrogen) atoms. The zero-order chi connectivity index (χ0) is 21.5. The minimum absolute atomic E-state index is 0.0567. The van der Waals surface area contributed by atoms with E-state index >= 15 is 0 Å². The first-order chi connectivity index (χ1) is 15.2. The summed E-state index contributed by atoms with van der Waals surface area (Å²) in [5.74, 6) is -0.168. The van der Waals surface area contributed by atoms with Crippen LogP contribution in [0.1, 0.15) is 31.8 Å². The van der Waals surface area contributed by atoms with Gasteiger partial charge in [-0.05, 0) is 17.7 Å². The number of nitrogens with zero attached hydrogens (tertiary/aromatic N) is 1. The highest BCUT2D eigenvalue weighted by atomic mass is 16.2. The quantitative estimate of drug-likeness (QED) is 0.634. The van der Waals surface area contributed by atoms with E-state index in [-0.39, 0.29) is 11.7 Å². The summed E-state index contributed by atoms with van der Waals surface area (Å²) in [6, 6.07) is 26.6. The van der Waals surface area contributed by atoms with Crippen LogP contribution in [0.5, 0.6) is 0 Å². The normalized spacial score (nSPS) is 14.6. The van der Waals surface area contributed by atoms with Crippen LogP contribution in [0.2, 0.25) is 0 Å². The van der Waals surface area contributed by atoms with Crippen LogP contribution in [-0.2, 0) is 0 Å². The van der Waals surface area contributed by atoms with Crippen LogP contribution in [0, 0.1) is 0 Å². The maximum absolute atomic E-state index is 13.2. The Hall–Kier alpha value is -3.50. The summed E-state index contributed by atoms with van der Waals surface area (Å²) in [5, 5.41) is 0. The van der Waals surface area contributed by atoms with Crippen LogP contribution in [0.3, 0.4) is 0 Å². The van der Waals surface area contributed by atoms with E-state index in [1.807, 2.05) is 53.4 Å². The van der Waals surface area contributed by atoms with Gasteiger partial charge in [-0.15, -0.1) is 0 Å². The lowest BCUT2D eigenvalue weighted by molar-refractivity contribution is -0.898. The highest BCUT2D eigenvalue weighted by Gasteiger charge is 2.26. The van der Waals surface area contributed by atoms with Gasteiger partial charge in [0.15, 0.2) is 5.78 Å². The maximum Gasteiger partial charge on any atom is 0.255 e. The van der Waals surface area contributed by atoms with Crippen LogP contribution in [0.4, 0.5) is 0 Å². The van der Waals surface area contributed by atoms with E-state index in [4.69, 9.17) is 0 Å². The highest BCUT2D eigenvalue weighted by Crippen LogP contribution is 2.17. The molecule has 1 N–H and O–H groups in total. The van der Waals surface area contributed by atoms with E-state index in [0.29, 0.717) is 29.8 Å². The van der Waals surface area contributed by atoms with Crippen molar-refractivity contribution in [1.82, 2.24) is 4.90 Å². The molecule has 1 fully saturated rings. The summed E-state index contributed by atoms with van der Waals surface area (Å²) in [5.41, 5.74) is 2.76. The molecule has 0 unspecified atom stereocenters. The largest absolute Gasteiger partial charge is 0.329 e. The first kappa shape index (κ1) is 20.8. The van der Waals surface area contributed by atoms with Crippen molar-refractivity contribution >= 4 is 17.8 Å². The SMILES string of the molecule is O=C(c1ccccc1)c1ccccc1C(=O)N1CC[NH+](C/C=C/c2ccccc2)CC1. The lowest BCUT2D eigenvalue weighted by Gasteiger charge is -2.32. The fraction of sp³-hybridized carbons (Fsp3) is 0.185. The average Bonchev–Trinajstić information content (AvgIpc) is 2.85. The molecule has 1 amide bonds. The third-order valence-corrected chi connectivity index (χ3v) is 5.71. The van der Waals surface area contributed by atoms with Gasteiger partial charge < -0.3 is 9.80 Å². The van der Waals surface area contributed by atoms with E-state index in [1.54, 1.807) is 24.3 Å². The van der Waals surface area contributed by atoms with Crippen LogP contribution in [0.15, 0.2) is 91.0 Å². The molecule has 1 saturated heterocycles. The number of carbonyl (C=O) groups is 2. The summed E-state index contributed by atoms with van der Waals surface area (Å²) in [6.45, 7) is 4.14.